The van der Waals surface area contributed by atoms with Gasteiger partial charge >= 0.3 is 0 Å². The van der Waals surface area contributed by atoms with Crippen molar-refractivity contribution in [3.63, 3.8) is 0 Å². The van der Waals surface area contributed by atoms with Gasteiger partial charge in [-0.05, 0) is 18.1 Å². The van der Waals surface area contributed by atoms with Crippen LogP contribution in [-0.2, 0) is 6.54 Å². The van der Waals surface area contributed by atoms with Gasteiger partial charge in [0.05, 0.1) is 19.3 Å². The highest BCUT2D eigenvalue weighted by molar-refractivity contribution is 7.99. The van der Waals surface area contributed by atoms with Crippen LogP contribution >= 0.6 is 11.8 Å². The van der Waals surface area contributed by atoms with Crippen LogP contribution in [0.15, 0.2) is 29.4 Å². The van der Waals surface area contributed by atoms with Gasteiger partial charge < -0.3 is 15.6 Å². The first-order valence-corrected chi connectivity index (χ1v) is 7.70. The van der Waals surface area contributed by atoms with E-state index < -0.39 is 0 Å². The molecule has 114 valence electrons. The Hall–Kier alpha value is -1.57. The topological polar surface area (TPSA) is 86.2 Å². The summed E-state index contributed by atoms with van der Waals surface area (Å²) in [5, 5.41) is 18.2. The van der Waals surface area contributed by atoms with Crippen molar-refractivity contribution in [1.29, 1.82) is 0 Å². The molecular weight excluding hydrogens is 288 g/mol. The Morgan fingerprint density at radius 2 is 2.24 bits per heavy atom. The summed E-state index contributed by atoms with van der Waals surface area (Å²) in [6.45, 7) is 2.45. The van der Waals surface area contributed by atoms with Crippen LogP contribution in [0.4, 0.5) is 0 Å². The minimum Gasteiger partial charge on any atom is -0.497 e. The zero-order valence-electron chi connectivity index (χ0n) is 12.2. The van der Waals surface area contributed by atoms with Crippen LogP contribution in [0.5, 0.6) is 5.75 Å². The van der Waals surface area contributed by atoms with Gasteiger partial charge in [-0.3, -0.25) is 4.57 Å². The number of hydrogen-bond acceptors (Lipinski definition) is 6. The van der Waals surface area contributed by atoms with Crippen LogP contribution in [-0.4, -0.2) is 39.3 Å². The molecule has 1 aromatic carbocycles. The van der Waals surface area contributed by atoms with Crippen molar-refractivity contribution in [2.75, 3.05) is 19.5 Å². The van der Waals surface area contributed by atoms with E-state index in [1.807, 2.05) is 35.8 Å². The van der Waals surface area contributed by atoms with Crippen LogP contribution in [0.25, 0.3) is 5.69 Å². The van der Waals surface area contributed by atoms with Gasteiger partial charge in [0.2, 0.25) is 0 Å². The summed E-state index contributed by atoms with van der Waals surface area (Å²) in [6.07, 6.45) is 0. The molecule has 7 heteroatoms. The molecule has 1 aromatic heterocycles. The lowest BCUT2D eigenvalue weighted by Crippen LogP contribution is -2.09. The van der Waals surface area contributed by atoms with Crippen molar-refractivity contribution in [3.8, 4) is 11.4 Å². The largest absolute Gasteiger partial charge is 0.497 e. The van der Waals surface area contributed by atoms with Gasteiger partial charge in [-0.15, -0.1) is 10.2 Å². The first kappa shape index (κ1) is 15.8. The maximum atomic E-state index is 9.13. The Labute approximate surface area is 128 Å². The molecule has 1 heterocycles. The second kappa shape index (κ2) is 7.44. The Morgan fingerprint density at radius 3 is 2.90 bits per heavy atom. The molecule has 0 amide bonds. The normalized spacial score (nSPS) is 12.4. The number of rotatable bonds is 7. The van der Waals surface area contributed by atoms with Crippen molar-refractivity contribution in [3.05, 3.63) is 30.1 Å². The molecule has 0 aliphatic rings. The molecule has 0 saturated carbocycles. The van der Waals surface area contributed by atoms with Gasteiger partial charge in [0.1, 0.15) is 5.75 Å². The number of benzene rings is 1. The van der Waals surface area contributed by atoms with Crippen LogP contribution in [0, 0.1) is 5.92 Å². The van der Waals surface area contributed by atoms with Crippen LogP contribution < -0.4 is 10.5 Å². The maximum Gasteiger partial charge on any atom is 0.195 e. The predicted octanol–water partition coefficient (Wildman–Crippen LogP) is 1.46. The van der Waals surface area contributed by atoms with E-state index >= 15 is 0 Å². The number of aliphatic hydroxyl groups is 1. The molecule has 2 rings (SSSR count). The number of nitrogens with zero attached hydrogens (tertiary/aromatic N) is 3. The van der Waals surface area contributed by atoms with Crippen LogP contribution in [0.3, 0.4) is 0 Å². The Balaban J connectivity index is 2.33. The smallest absolute Gasteiger partial charge is 0.195 e. The fraction of sp³-hybridized carbons (Fsp3) is 0.429. The lowest BCUT2D eigenvalue weighted by Gasteiger charge is -2.11. The quantitative estimate of drug-likeness (QED) is 0.753. The highest BCUT2D eigenvalue weighted by Crippen LogP contribution is 2.25. The molecule has 1 atom stereocenters. The number of nitrogens with two attached hydrogens (primary N) is 1. The lowest BCUT2D eigenvalue weighted by atomic mass is 10.2. The molecule has 3 N–H and O–H groups in total. The summed E-state index contributed by atoms with van der Waals surface area (Å²) in [7, 11) is 1.63. The van der Waals surface area contributed by atoms with E-state index in [9.17, 15) is 0 Å². The summed E-state index contributed by atoms with van der Waals surface area (Å²) in [5.41, 5.74) is 6.67. The molecule has 0 radical (unpaired) electrons. The monoisotopic (exact) mass is 308 g/mol. The van der Waals surface area contributed by atoms with Crippen molar-refractivity contribution in [1.82, 2.24) is 14.8 Å². The highest BCUT2D eigenvalue weighted by Gasteiger charge is 2.15. The summed E-state index contributed by atoms with van der Waals surface area (Å²) >= 11 is 1.56. The summed E-state index contributed by atoms with van der Waals surface area (Å²) in [4.78, 5) is 0. The van der Waals surface area contributed by atoms with E-state index in [-0.39, 0.29) is 12.5 Å². The van der Waals surface area contributed by atoms with Gasteiger partial charge in [-0.1, -0.05) is 24.8 Å². The highest BCUT2D eigenvalue weighted by atomic mass is 32.2. The summed E-state index contributed by atoms with van der Waals surface area (Å²) < 4.78 is 7.18. The maximum absolute atomic E-state index is 9.13. The summed E-state index contributed by atoms with van der Waals surface area (Å²) in [6, 6.07) is 7.68. The number of thioether (sulfide) groups is 1. The molecule has 6 nitrogen and oxygen atoms in total. The third kappa shape index (κ3) is 3.75. The van der Waals surface area contributed by atoms with Gasteiger partial charge in [0.25, 0.3) is 0 Å². The average molecular weight is 308 g/mol. The van der Waals surface area contributed by atoms with Gasteiger partial charge in [0.15, 0.2) is 11.0 Å². The fourth-order valence-corrected chi connectivity index (χ4v) is 2.78. The summed E-state index contributed by atoms with van der Waals surface area (Å²) in [5.74, 6) is 2.43. The molecule has 21 heavy (non-hydrogen) atoms. The molecule has 0 spiro atoms. The molecule has 0 unspecified atom stereocenters. The molecule has 0 saturated heterocycles. The van der Waals surface area contributed by atoms with Crippen molar-refractivity contribution in [2.45, 2.75) is 18.6 Å². The molecule has 2 aromatic rings. The van der Waals surface area contributed by atoms with Crippen molar-refractivity contribution >= 4 is 11.8 Å². The zero-order valence-corrected chi connectivity index (χ0v) is 13.0. The number of methoxy groups -OCH3 is 1. The van der Waals surface area contributed by atoms with E-state index in [4.69, 9.17) is 15.6 Å². The minimum atomic E-state index is 0.157. The standard InChI is InChI=1S/C14H20N4O2S/c1-10(8-19)9-21-14-17-16-13(7-15)18(14)11-4-3-5-12(6-11)20-2/h3-6,10,19H,7-9,15H2,1-2H3/t10-/m0/s1. The van der Waals surface area contributed by atoms with E-state index in [0.29, 0.717) is 12.4 Å². The Bertz CT molecular complexity index is 588. The predicted molar refractivity (Wildman–Crippen MR) is 82.8 cm³/mol. The Kier molecular flexibility index (Phi) is 5.60. The SMILES string of the molecule is COc1cccc(-n2c(CN)nnc2SC[C@@H](C)CO)c1. The van der Waals surface area contributed by atoms with E-state index in [2.05, 4.69) is 10.2 Å². The van der Waals surface area contributed by atoms with Crippen LogP contribution in [0.2, 0.25) is 0 Å². The first-order valence-electron chi connectivity index (χ1n) is 6.72. The number of aromatic nitrogens is 3. The average Bonchev–Trinajstić information content (AvgIpc) is 2.95. The minimum absolute atomic E-state index is 0.157. The first-order chi connectivity index (χ1) is 10.2. The van der Waals surface area contributed by atoms with Crippen LogP contribution in [0.1, 0.15) is 12.7 Å². The van der Waals surface area contributed by atoms with E-state index in [1.54, 1.807) is 18.9 Å². The zero-order chi connectivity index (χ0) is 15.2. The second-order valence-electron chi connectivity index (χ2n) is 4.74. The third-order valence-electron chi connectivity index (χ3n) is 3.00. The second-order valence-corrected chi connectivity index (χ2v) is 5.73. The van der Waals surface area contributed by atoms with Gasteiger partial charge in [-0.25, -0.2) is 0 Å². The number of aliphatic hydroxyl groups excluding tert-OH is 1. The van der Waals surface area contributed by atoms with E-state index in [0.717, 1.165) is 22.3 Å². The third-order valence-corrected chi connectivity index (χ3v) is 4.26. The number of hydrogen-bond donors (Lipinski definition) is 2. The van der Waals surface area contributed by atoms with Crippen molar-refractivity contribution < 1.29 is 9.84 Å². The van der Waals surface area contributed by atoms with Crippen molar-refractivity contribution in [2.24, 2.45) is 11.7 Å². The molecule has 0 fully saturated rings. The number of ether oxygens (including phenoxy) is 1. The molecule has 0 bridgehead atoms. The Morgan fingerprint density at radius 1 is 1.43 bits per heavy atom. The molecular formula is C14H20N4O2S. The molecule has 0 aliphatic heterocycles. The fourth-order valence-electron chi connectivity index (χ4n) is 1.80. The van der Waals surface area contributed by atoms with Gasteiger partial charge in [0, 0.05) is 18.4 Å². The van der Waals surface area contributed by atoms with E-state index in [1.165, 1.54) is 0 Å². The molecule has 0 aliphatic carbocycles. The lowest BCUT2D eigenvalue weighted by molar-refractivity contribution is 0.250. The van der Waals surface area contributed by atoms with Gasteiger partial charge in [-0.2, -0.15) is 0 Å².